The van der Waals surface area contributed by atoms with Crippen molar-refractivity contribution in [3.63, 3.8) is 0 Å². The topological polar surface area (TPSA) is 15.8 Å². The first kappa shape index (κ1) is 20.3. The van der Waals surface area contributed by atoms with E-state index in [0.717, 1.165) is 5.35 Å². The predicted octanol–water partition coefficient (Wildman–Crippen LogP) is 6.86. The summed E-state index contributed by atoms with van der Waals surface area (Å²) in [6, 6.07) is 16.0. The minimum absolute atomic E-state index is 0.0712. The van der Waals surface area contributed by atoms with Crippen LogP contribution in [0.2, 0.25) is 0 Å². The van der Waals surface area contributed by atoms with Crippen LogP contribution in [0.25, 0.3) is 45.8 Å². The fraction of sp³-hybridized carbons (Fsp3) is 0.250. The Morgan fingerprint density at radius 2 is 1.52 bits per heavy atom. The molecule has 2 aliphatic rings. The van der Waals surface area contributed by atoms with Crippen molar-refractivity contribution < 1.29 is 0 Å². The molecule has 2 aliphatic carbocycles. The molecule has 0 fully saturated rings. The Labute approximate surface area is 196 Å². The largest absolute Gasteiger partial charge is 0.354 e. The molecule has 1 aromatic heterocycles. The molecule has 0 spiro atoms. The molecule has 33 heavy (non-hydrogen) atoms. The highest BCUT2D eigenvalue weighted by Gasteiger charge is 2.47. The number of H-pyrrole nitrogens is 1. The summed E-state index contributed by atoms with van der Waals surface area (Å²) < 4.78 is 0. The quantitative estimate of drug-likeness (QED) is 0.340. The maximum Gasteiger partial charge on any atom is 0.0554 e. The molecule has 1 nitrogen and oxygen atoms in total. The molecule has 1 N–H and O–H groups in total. The van der Waals surface area contributed by atoms with E-state index in [1.165, 1.54) is 66.2 Å². The highest BCUT2D eigenvalue weighted by molar-refractivity contribution is 6.12. The normalized spacial score (nSPS) is 17.5. The molecule has 0 bridgehead atoms. The van der Waals surface area contributed by atoms with Gasteiger partial charge in [0.1, 0.15) is 0 Å². The molecular formula is C32H31N. The summed E-state index contributed by atoms with van der Waals surface area (Å²) in [5.41, 5.74) is 13.7. The summed E-state index contributed by atoms with van der Waals surface area (Å²) in [5.74, 6) is 0. The van der Waals surface area contributed by atoms with Crippen LogP contribution in [0.15, 0.2) is 54.6 Å². The van der Waals surface area contributed by atoms with Crippen molar-refractivity contribution in [1.29, 1.82) is 0 Å². The van der Waals surface area contributed by atoms with Gasteiger partial charge in [0.2, 0.25) is 0 Å². The van der Waals surface area contributed by atoms with Gasteiger partial charge in [-0.15, -0.1) is 0 Å². The average molecular weight is 430 g/mol. The van der Waals surface area contributed by atoms with Crippen LogP contribution in [-0.4, -0.2) is 4.98 Å². The van der Waals surface area contributed by atoms with Crippen LogP contribution in [0.3, 0.4) is 0 Å². The van der Waals surface area contributed by atoms with E-state index in [9.17, 15) is 0 Å². The first-order valence-electron chi connectivity index (χ1n) is 12.0. The Morgan fingerprint density at radius 1 is 0.848 bits per heavy atom. The summed E-state index contributed by atoms with van der Waals surface area (Å²) in [6.07, 6.45) is 6.44. The molecule has 0 saturated carbocycles. The minimum atomic E-state index is -0.0786. The zero-order valence-corrected chi connectivity index (χ0v) is 20.5. The summed E-state index contributed by atoms with van der Waals surface area (Å²) in [4.78, 5) is 3.74. The number of rotatable bonds is 1. The monoisotopic (exact) mass is 429 g/mol. The Bertz CT molecular complexity index is 1640. The number of aromatic nitrogens is 1. The number of hydrogen-bond acceptors (Lipinski definition) is 0. The van der Waals surface area contributed by atoms with Gasteiger partial charge in [-0.3, -0.25) is 0 Å². The average Bonchev–Trinajstić information content (AvgIpc) is 3.31. The number of aromatic amines is 1. The van der Waals surface area contributed by atoms with E-state index in [2.05, 4.69) is 114 Å². The lowest BCUT2D eigenvalue weighted by molar-refractivity contribution is 0.601. The van der Waals surface area contributed by atoms with Crippen molar-refractivity contribution in [3.8, 4) is 22.3 Å². The first-order chi connectivity index (χ1) is 15.7. The molecule has 3 aromatic carbocycles. The molecule has 0 unspecified atom stereocenters. The van der Waals surface area contributed by atoms with Gasteiger partial charge >= 0.3 is 0 Å². The maximum atomic E-state index is 4.44. The number of nitrogens with one attached hydrogen (secondary N) is 1. The van der Waals surface area contributed by atoms with Crippen LogP contribution in [-0.2, 0) is 10.8 Å². The van der Waals surface area contributed by atoms with Crippen LogP contribution in [0, 0.1) is 6.92 Å². The molecule has 4 aromatic rings. The van der Waals surface area contributed by atoms with Gasteiger partial charge in [-0.25, -0.2) is 0 Å². The van der Waals surface area contributed by atoms with E-state index >= 15 is 0 Å². The standard InChI is InChI=1S/C32H31N/c1-8-9-12-20-19(3)33-30-26(20)25-22-16-15-18(2)17-24(22)32(6,7)28(25)29-27(30)21-13-10-11-14-23(21)31(29,4)5/h8-17,33H,3H2,1-2,4-7H3/b9-8-,20-12+. The highest BCUT2D eigenvalue weighted by Crippen LogP contribution is 2.61. The zero-order chi connectivity index (χ0) is 23.3. The zero-order valence-electron chi connectivity index (χ0n) is 20.5. The first-order valence-corrected chi connectivity index (χ1v) is 12.0. The minimum Gasteiger partial charge on any atom is -0.354 e. The van der Waals surface area contributed by atoms with E-state index in [1.807, 2.05) is 0 Å². The lowest BCUT2D eigenvalue weighted by atomic mass is 9.72. The molecule has 1 heterocycles. The van der Waals surface area contributed by atoms with Crippen LogP contribution >= 0.6 is 0 Å². The Hall–Kier alpha value is -3.32. The van der Waals surface area contributed by atoms with Gasteiger partial charge < -0.3 is 4.98 Å². The number of fused-ring (bicyclic) bond motifs is 10. The molecular weight excluding hydrogens is 398 g/mol. The van der Waals surface area contributed by atoms with Crippen molar-refractivity contribution in [2.45, 2.75) is 52.4 Å². The molecule has 1 heteroatoms. The Kier molecular flexibility index (Phi) is 3.93. The van der Waals surface area contributed by atoms with Crippen LogP contribution < -0.4 is 10.6 Å². The van der Waals surface area contributed by atoms with Crippen molar-refractivity contribution in [3.05, 3.63) is 93.0 Å². The van der Waals surface area contributed by atoms with Gasteiger partial charge in [-0.05, 0) is 52.8 Å². The molecule has 6 rings (SSSR count). The van der Waals surface area contributed by atoms with Gasteiger partial charge in [-0.2, -0.15) is 0 Å². The van der Waals surface area contributed by atoms with Crippen molar-refractivity contribution in [2.24, 2.45) is 0 Å². The second-order valence-electron chi connectivity index (χ2n) is 10.8. The van der Waals surface area contributed by atoms with Crippen LogP contribution in [0.4, 0.5) is 0 Å². The molecule has 0 saturated heterocycles. The number of benzene rings is 3. The molecule has 0 amide bonds. The van der Waals surface area contributed by atoms with Gasteiger partial charge in [-0.1, -0.05) is 101 Å². The van der Waals surface area contributed by atoms with Gasteiger partial charge in [0, 0.05) is 32.3 Å². The molecule has 0 aliphatic heterocycles. The lowest BCUT2D eigenvalue weighted by Crippen LogP contribution is -2.25. The van der Waals surface area contributed by atoms with E-state index < -0.39 is 0 Å². The number of hydrogen-bond donors (Lipinski definition) is 1. The fourth-order valence-corrected chi connectivity index (χ4v) is 6.59. The third-order valence-corrected chi connectivity index (χ3v) is 8.06. The van der Waals surface area contributed by atoms with Crippen LogP contribution in [0.1, 0.15) is 62.4 Å². The third-order valence-electron chi connectivity index (χ3n) is 8.06. The number of allylic oxidation sites excluding steroid dienone is 2. The third kappa shape index (κ3) is 2.38. The summed E-state index contributed by atoms with van der Waals surface area (Å²) >= 11 is 0. The van der Waals surface area contributed by atoms with Crippen LogP contribution in [0.5, 0.6) is 0 Å². The van der Waals surface area contributed by atoms with Crippen molar-refractivity contribution >= 4 is 23.6 Å². The van der Waals surface area contributed by atoms with E-state index in [4.69, 9.17) is 0 Å². The van der Waals surface area contributed by atoms with E-state index in [1.54, 1.807) is 0 Å². The van der Waals surface area contributed by atoms with Gasteiger partial charge in [0.15, 0.2) is 0 Å². The Balaban J connectivity index is 1.95. The smallest absolute Gasteiger partial charge is 0.0554 e. The molecule has 0 radical (unpaired) electrons. The summed E-state index contributed by atoms with van der Waals surface area (Å²) in [7, 11) is 0. The summed E-state index contributed by atoms with van der Waals surface area (Å²) in [5, 5.41) is 3.50. The van der Waals surface area contributed by atoms with E-state index in [-0.39, 0.29) is 10.8 Å². The van der Waals surface area contributed by atoms with Crippen molar-refractivity contribution in [1.82, 2.24) is 4.98 Å². The lowest BCUT2D eigenvalue weighted by Gasteiger charge is -2.31. The number of aryl methyl sites for hydroxylation is 1. The fourth-order valence-electron chi connectivity index (χ4n) is 6.59. The maximum absolute atomic E-state index is 4.44. The molecule has 164 valence electrons. The van der Waals surface area contributed by atoms with Gasteiger partial charge in [0.25, 0.3) is 0 Å². The van der Waals surface area contributed by atoms with Crippen molar-refractivity contribution in [2.75, 3.05) is 0 Å². The second-order valence-corrected chi connectivity index (χ2v) is 10.8. The van der Waals surface area contributed by atoms with E-state index in [0.29, 0.717) is 0 Å². The second kappa shape index (κ2) is 6.38. The SMILES string of the molecule is C=c1[nH]c2c3c(c4c(c2/c1=C/C=C\C)-c1ccc(C)cc1C4(C)C)C(C)(C)c1ccccc1-3. The molecule has 0 atom stereocenters. The van der Waals surface area contributed by atoms with Gasteiger partial charge in [0.05, 0.1) is 5.52 Å². The summed E-state index contributed by atoms with van der Waals surface area (Å²) in [6.45, 7) is 18.3. The Morgan fingerprint density at radius 3 is 2.27 bits per heavy atom. The highest BCUT2D eigenvalue weighted by atomic mass is 14.7. The predicted molar refractivity (Wildman–Crippen MR) is 142 cm³/mol.